The van der Waals surface area contributed by atoms with Crippen LogP contribution >= 0.6 is 11.3 Å². The van der Waals surface area contributed by atoms with Crippen molar-refractivity contribution < 1.29 is 4.79 Å². The summed E-state index contributed by atoms with van der Waals surface area (Å²) in [4.78, 5) is 16.6. The molecule has 5 nitrogen and oxygen atoms in total. The maximum absolute atomic E-state index is 12.2. The van der Waals surface area contributed by atoms with Gasteiger partial charge in [-0.3, -0.25) is 9.89 Å². The molecule has 3 rings (SSSR count). The summed E-state index contributed by atoms with van der Waals surface area (Å²) in [6.07, 6.45) is 1.70. The summed E-state index contributed by atoms with van der Waals surface area (Å²) >= 11 is 1.67. The second-order valence-corrected chi connectivity index (χ2v) is 5.65. The molecule has 3 aromatic rings. The molecular formula is C15H16N4OS. The number of H-pyrrole nitrogens is 1. The van der Waals surface area contributed by atoms with Gasteiger partial charge in [-0.2, -0.15) is 5.10 Å². The minimum atomic E-state index is -0.154. The first-order valence-corrected chi connectivity index (χ1v) is 7.80. The lowest BCUT2D eigenvalue weighted by atomic mass is 10.2. The van der Waals surface area contributed by atoms with Gasteiger partial charge in [0.1, 0.15) is 0 Å². The van der Waals surface area contributed by atoms with E-state index in [0.29, 0.717) is 12.2 Å². The Bertz CT molecular complexity index is 762. The molecule has 0 saturated heterocycles. The van der Waals surface area contributed by atoms with Crippen LogP contribution in [-0.2, 0) is 12.8 Å². The lowest BCUT2D eigenvalue weighted by Gasteiger charge is -2.01. The normalized spacial score (nSPS) is 10.9. The van der Waals surface area contributed by atoms with Gasteiger partial charge in [0.25, 0.3) is 5.91 Å². The second-order valence-electron chi connectivity index (χ2n) is 4.71. The van der Waals surface area contributed by atoms with Crippen molar-refractivity contribution in [3.63, 3.8) is 0 Å². The van der Waals surface area contributed by atoms with Gasteiger partial charge in [-0.15, -0.1) is 11.3 Å². The van der Waals surface area contributed by atoms with Crippen molar-refractivity contribution >= 4 is 28.1 Å². The Morgan fingerprint density at radius 2 is 2.24 bits per heavy atom. The zero-order chi connectivity index (χ0) is 14.7. The number of carbonyl (C=O) groups excluding carboxylic acids is 1. The Labute approximate surface area is 126 Å². The van der Waals surface area contributed by atoms with Gasteiger partial charge in [-0.1, -0.05) is 25.1 Å². The molecule has 0 fully saturated rings. The Kier molecular flexibility index (Phi) is 3.96. The highest BCUT2D eigenvalue weighted by atomic mass is 32.1. The largest absolute Gasteiger partial charge is 0.350 e. The van der Waals surface area contributed by atoms with Crippen LogP contribution in [0.2, 0.25) is 0 Å². The molecule has 108 valence electrons. The van der Waals surface area contributed by atoms with E-state index in [1.165, 1.54) is 0 Å². The Morgan fingerprint density at radius 3 is 3.05 bits per heavy atom. The molecule has 2 heterocycles. The molecule has 0 atom stereocenters. The van der Waals surface area contributed by atoms with Gasteiger partial charge in [0.15, 0.2) is 5.69 Å². The summed E-state index contributed by atoms with van der Waals surface area (Å²) < 4.78 is 0. The number of aromatic amines is 1. The van der Waals surface area contributed by atoms with Crippen molar-refractivity contribution in [3.8, 4) is 0 Å². The second kappa shape index (κ2) is 6.05. The summed E-state index contributed by atoms with van der Waals surface area (Å²) in [5, 5.41) is 13.9. The van der Waals surface area contributed by atoms with Gasteiger partial charge < -0.3 is 5.32 Å². The predicted molar refractivity (Wildman–Crippen MR) is 83.6 cm³/mol. The summed E-state index contributed by atoms with van der Waals surface area (Å²) in [5.74, 6) is -0.154. The highest BCUT2D eigenvalue weighted by molar-refractivity contribution is 7.09. The van der Waals surface area contributed by atoms with Crippen molar-refractivity contribution in [2.45, 2.75) is 19.8 Å². The minimum absolute atomic E-state index is 0.154. The maximum atomic E-state index is 12.2. The molecule has 21 heavy (non-hydrogen) atoms. The summed E-state index contributed by atoms with van der Waals surface area (Å²) in [6, 6.07) is 7.61. The number of aryl methyl sites for hydroxylation is 1. The van der Waals surface area contributed by atoms with Crippen LogP contribution in [0.25, 0.3) is 10.9 Å². The van der Waals surface area contributed by atoms with E-state index in [-0.39, 0.29) is 5.91 Å². The average molecular weight is 300 g/mol. The lowest BCUT2D eigenvalue weighted by molar-refractivity contribution is 0.0950. The van der Waals surface area contributed by atoms with Crippen LogP contribution in [0.3, 0.4) is 0 Å². The number of rotatable bonds is 5. The van der Waals surface area contributed by atoms with Crippen LogP contribution < -0.4 is 5.32 Å². The number of amides is 1. The highest BCUT2D eigenvalue weighted by Crippen LogP contribution is 2.15. The van der Waals surface area contributed by atoms with Crippen LogP contribution in [0.4, 0.5) is 0 Å². The molecule has 2 aromatic heterocycles. The van der Waals surface area contributed by atoms with E-state index in [4.69, 9.17) is 0 Å². The molecule has 0 bridgehead atoms. The third-order valence-corrected chi connectivity index (χ3v) is 4.30. The number of hydrogen-bond donors (Lipinski definition) is 2. The summed E-state index contributed by atoms with van der Waals surface area (Å²) in [6.45, 7) is 2.65. The van der Waals surface area contributed by atoms with Crippen molar-refractivity contribution in [3.05, 3.63) is 46.0 Å². The van der Waals surface area contributed by atoms with Crippen molar-refractivity contribution in [1.82, 2.24) is 20.5 Å². The van der Waals surface area contributed by atoms with E-state index < -0.39 is 0 Å². The number of fused-ring (bicyclic) bond motifs is 1. The number of carbonyl (C=O) groups is 1. The maximum Gasteiger partial charge on any atom is 0.272 e. The first-order valence-electron chi connectivity index (χ1n) is 6.92. The van der Waals surface area contributed by atoms with E-state index >= 15 is 0 Å². The SMILES string of the molecule is CCc1nc(CCNC(=O)c2n[nH]c3ccccc23)cs1. The molecule has 0 radical (unpaired) electrons. The molecule has 0 aliphatic heterocycles. The van der Waals surface area contributed by atoms with Crippen LogP contribution in [0.1, 0.15) is 28.1 Å². The molecule has 0 aliphatic rings. The Hall–Kier alpha value is -2.21. The third-order valence-electron chi connectivity index (χ3n) is 3.25. The van der Waals surface area contributed by atoms with Gasteiger partial charge in [0.05, 0.1) is 16.2 Å². The van der Waals surface area contributed by atoms with Crippen LogP contribution in [0, 0.1) is 0 Å². The van der Waals surface area contributed by atoms with E-state index in [1.54, 1.807) is 11.3 Å². The number of hydrogen-bond acceptors (Lipinski definition) is 4. The third kappa shape index (κ3) is 2.95. The first kappa shape index (κ1) is 13.8. The van der Waals surface area contributed by atoms with Gasteiger partial charge >= 0.3 is 0 Å². The molecule has 0 unspecified atom stereocenters. The standard InChI is InChI=1S/C15H16N4OS/c1-2-13-17-10(9-21-13)7-8-16-15(20)14-11-5-3-4-6-12(11)18-19-14/h3-6,9H,2,7-8H2,1H3,(H,16,20)(H,18,19). The van der Waals surface area contributed by atoms with E-state index in [2.05, 4.69) is 32.8 Å². The quantitative estimate of drug-likeness (QED) is 0.760. The fourth-order valence-corrected chi connectivity index (χ4v) is 2.93. The predicted octanol–water partition coefficient (Wildman–Crippen LogP) is 2.55. The van der Waals surface area contributed by atoms with Gasteiger partial charge in [-0.05, 0) is 12.5 Å². The zero-order valence-electron chi connectivity index (χ0n) is 11.7. The van der Waals surface area contributed by atoms with Crippen molar-refractivity contribution in [2.75, 3.05) is 6.54 Å². The minimum Gasteiger partial charge on any atom is -0.350 e. The van der Waals surface area contributed by atoms with E-state index in [0.717, 1.165) is 34.4 Å². The topological polar surface area (TPSA) is 70.7 Å². The van der Waals surface area contributed by atoms with Crippen molar-refractivity contribution in [2.24, 2.45) is 0 Å². The van der Waals surface area contributed by atoms with Gasteiger partial charge in [-0.25, -0.2) is 4.98 Å². The van der Waals surface area contributed by atoms with Crippen LogP contribution in [0.15, 0.2) is 29.6 Å². The van der Waals surface area contributed by atoms with E-state index in [9.17, 15) is 4.79 Å². The zero-order valence-corrected chi connectivity index (χ0v) is 12.5. The molecular weight excluding hydrogens is 284 g/mol. The lowest BCUT2D eigenvalue weighted by Crippen LogP contribution is -2.26. The summed E-state index contributed by atoms with van der Waals surface area (Å²) in [7, 11) is 0. The molecule has 6 heteroatoms. The Morgan fingerprint density at radius 1 is 1.38 bits per heavy atom. The number of nitrogens with zero attached hydrogens (tertiary/aromatic N) is 2. The number of para-hydroxylation sites is 1. The number of benzene rings is 1. The number of nitrogens with one attached hydrogen (secondary N) is 2. The molecule has 0 saturated carbocycles. The number of aromatic nitrogens is 3. The average Bonchev–Trinajstić information content (AvgIpc) is 3.13. The first-order chi connectivity index (χ1) is 10.3. The number of thiazole rings is 1. The Balaban J connectivity index is 1.61. The molecule has 1 amide bonds. The van der Waals surface area contributed by atoms with E-state index in [1.807, 2.05) is 24.3 Å². The van der Waals surface area contributed by atoms with Crippen LogP contribution in [-0.4, -0.2) is 27.6 Å². The smallest absolute Gasteiger partial charge is 0.272 e. The summed E-state index contributed by atoms with van der Waals surface area (Å²) in [5.41, 5.74) is 2.34. The van der Waals surface area contributed by atoms with Gasteiger partial charge in [0.2, 0.25) is 0 Å². The monoisotopic (exact) mass is 300 g/mol. The highest BCUT2D eigenvalue weighted by Gasteiger charge is 2.13. The van der Waals surface area contributed by atoms with Crippen LogP contribution in [0.5, 0.6) is 0 Å². The van der Waals surface area contributed by atoms with Gasteiger partial charge in [0, 0.05) is 23.7 Å². The fourth-order valence-electron chi connectivity index (χ4n) is 2.15. The molecule has 0 aliphatic carbocycles. The fraction of sp³-hybridized carbons (Fsp3) is 0.267. The molecule has 0 spiro atoms. The molecule has 2 N–H and O–H groups in total. The molecule has 1 aromatic carbocycles. The van der Waals surface area contributed by atoms with Crippen molar-refractivity contribution in [1.29, 1.82) is 0 Å².